The zero-order valence-electron chi connectivity index (χ0n) is 8.97. The van der Waals surface area contributed by atoms with Gasteiger partial charge in [0.15, 0.2) is 0 Å². The number of rotatable bonds is 0. The van der Waals surface area contributed by atoms with E-state index in [1.165, 1.54) is 19.4 Å². The van der Waals surface area contributed by atoms with Crippen LogP contribution in [0.3, 0.4) is 0 Å². The third-order valence-corrected chi connectivity index (χ3v) is 2.85. The number of carbonyl (C=O) groups excluding carboxylic acids is 2. The van der Waals surface area contributed by atoms with Gasteiger partial charge in [0.05, 0.1) is 22.3 Å². The van der Waals surface area contributed by atoms with Gasteiger partial charge in [-0.2, -0.15) is 0 Å². The van der Waals surface area contributed by atoms with E-state index in [9.17, 15) is 9.59 Å². The van der Waals surface area contributed by atoms with Crippen molar-refractivity contribution < 1.29 is 9.59 Å². The third kappa shape index (κ3) is 1.09. The van der Waals surface area contributed by atoms with Crippen LogP contribution in [0.4, 0.5) is 5.69 Å². The van der Waals surface area contributed by atoms with Crippen LogP contribution < -0.4 is 5.73 Å². The molecule has 0 saturated carbocycles. The van der Waals surface area contributed by atoms with Crippen molar-refractivity contribution in [2.24, 2.45) is 0 Å². The first-order valence-electron chi connectivity index (χ1n) is 4.97. The van der Waals surface area contributed by atoms with Gasteiger partial charge in [-0.05, 0) is 6.07 Å². The zero-order chi connectivity index (χ0) is 12.2. The third-order valence-electron chi connectivity index (χ3n) is 2.85. The minimum atomic E-state index is -0.393. The van der Waals surface area contributed by atoms with Crippen molar-refractivity contribution >= 4 is 28.5 Å². The molecule has 0 bridgehead atoms. The Morgan fingerprint density at radius 2 is 1.88 bits per heavy atom. The maximum atomic E-state index is 11.8. The predicted octanol–water partition coefficient (Wildman–Crippen LogP) is 0.438. The van der Waals surface area contributed by atoms with Crippen LogP contribution in [0.15, 0.2) is 18.5 Å². The summed E-state index contributed by atoms with van der Waals surface area (Å²) < 4.78 is 0. The molecule has 1 aliphatic rings. The van der Waals surface area contributed by atoms with Crippen LogP contribution in [0, 0.1) is 0 Å². The molecule has 17 heavy (non-hydrogen) atoms. The van der Waals surface area contributed by atoms with E-state index < -0.39 is 5.91 Å². The maximum Gasteiger partial charge on any atom is 0.263 e. The molecule has 0 atom stereocenters. The Bertz CT molecular complexity index is 680. The van der Waals surface area contributed by atoms with Crippen molar-refractivity contribution in [3.05, 3.63) is 29.6 Å². The van der Waals surface area contributed by atoms with E-state index in [2.05, 4.69) is 9.97 Å². The summed E-state index contributed by atoms with van der Waals surface area (Å²) >= 11 is 0. The van der Waals surface area contributed by atoms with Crippen LogP contribution in [0.2, 0.25) is 0 Å². The summed E-state index contributed by atoms with van der Waals surface area (Å²) in [6, 6.07) is 1.55. The van der Waals surface area contributed by atoms with Gasteiger partial charge in [0, 0.05) is 19.4 Å². The van der Waals surface area contributed by atoms with Crippen LogP contribution in [0.1, 0.15) is 20.7 Å². The van der Waals surface area contributed by atoms with Crippen LogP contribution >= 0.6 is 0 Å². The molecule has 0 aliphatic carbocycles. The molecular formula is C11H8N4O2. The molecule has 0 unspecified atom stereocenters. The van der Waals surface area contributed by atoms with Gasteiger partial charge in [0.25, 0.3) is 11.8 Å². The summed E-state index contributed by atoms with van der Waals surface area (Å²) in [6.07, 6.45) is 3.01. The molecule has 0 spiro atoms. The fourth-order valence-corrected chi connectivity index (χ4v) is 1.97. The number of benzene rings is 1. The maximum absolute atomic E-state index is 11.8. The van der Waals surface area contributed by atoms with E-state index >= 15 is 0 Å². The number of carbonyl (C=O) groups is 2. The summed E-state index contributed by atoms with van der Waals surface area (Å²) in [7, 11) is 1.43. The predicted molar refractivity (Wildman–Crippen MR) is 60.4 cm³/mol. The van der Waals surface area contributed by atoms with E-state index in [4.69, 9.17) is 5.73 Å². The topological polar surface area (TPSA) is 89.2 Å². The lowest BCUT2D eigenvalue weighted by Crippen LogP contribution is -2.24. The quantitative estimate of drug-likeness (QED) is 0.522. The van der Waals surface area contributed by atoms with Crippen molar-refractivity contribution in [2.75, 3.05) is 12.8 Å². The first-order valence-corrected chi connectivity index (χ1v) is 4.97. The minimum Gasteiger partial charge on any atom is -0.396 e. The highest BCUT2D eigenvalue weighted by atomic mass is 16.2. The van der Waals surface area contributed by atoms with Gasteiger partial charge in [-0.3, -0.25) is 24.5 Å². The van der Waals surface area contributed by atoms with Crippen molar-refractivity contribution in [1.29, 1.82) is 0 Å². The van der Waals surface area contributed by atoms with Crippen molar-refractivity contribution in [2.45, 2.75) is 0 Å². The highest BCUT2D eigenvalue weighted by Crippen LogP contribution is 2.31. The summed E-state index contributed by atoms with van der Waals surface area (Å²) in [5.41, 5.74) is 7.58. The standard InChI is InChI=1S/C11H8N4O2/c1-15-10(16)5-4-6-9(14-3-2-13-6)8(12)7(5)11(15)17/h2-4H,12H2,1H3. The molecule has 0 saturated heterocycles. The van der Waals surface area contributed by atoms with Gasteiger partial charge in [-0.1, -0.05) is 0 Å². The van der Waals surface area contributed by atoms with Gasteiger partial charge < -0.3 is 5.73 Å². The van der Waals surface area contributed by atoms with E-state index in [-0.39, 0.29) is 17.2 Å². The van der Waals surface area contributed by atoms with Crippen LogP contribution in [-0.4, -0.2) is 33.7 Å². The Labute approximate surface area is 96.1 Å². The second-order valence-corrected chi connectivity index (χ2v) is 3.81. The van der Waals surface area contributed by atoms with Crippen LogP contribution in [0.25, 0.3) is 11.0 Å². The minimum absolute atomic E-state index is 0.216. The van der Waals surface area contributed by atoms with Crippen LogP contribution in [-0.2, 0) is 0 Å². The van der Waals surface area contributed by atoms with E-state index in [0.29, 0.717) is 16.6 Å². The number of nitrogen functional groups attached to an aromatic ring is 1. The molecule has 1 aromatic carbocycles. The van der Waals surface area contributed by atoms with Gasteiger partial charge in [-0.25, -0.2) is 0 Å². The van der Waals surface area contributed by atoms with Crippen LogP contribution in [0.5, 0.6) is 0 Å². The number of hydrogen-bond acceptors (Lipinski definition) is 5. The van der Waals surface area contributed by atoms with E-state index in [1.807, 2.05) is 0 Å². The molecule has 3 rings (SSSR count). The summed E-state index contributed by atoms with van der Waals surface area (Å²) in [6.45, 7) is 0. The van der Waals surface area contributed by atoms with E-state index in [0.717, 1.165) is 4.90 Å². The molecule has 2 heterocycles. The molecule has 0 fully saturated rings. The molecule has 84 valence electrons. The van der Waals surface area contributed by atoms with E-state index in [1.54, 1.807) is 6.07 Å². The second-order valence-electron chi connectivity index (χ2n) is 3.81. The van der Waals surface area contributed by atoms with Crippen molar-refractivity contribution in [3.8, 4) is 0 Å². The average molecular weight is 228 g/mol. The number of nitrogens with zero attached hydrogens (tertiary/aromatic N) is 3. The molecule has 1 aliphatic heterocycles. The lowest BCUT2D eigenvalue weighted by atomic mass is 10.1. The Balaban J connectivity index is 2.46. The number of hydrogen-bond donors (Lipinski definition) is 1. The smallest absolute Gasteiger partial charge is 0.263 e. The van der Waals surface area contributed by atoms with Crippen molar-refractivity contribution in [1.82, 2.24) is 14.9 Å². The molecule has 2 N–H and O–H groups in total. The Hall–Kier alpha value is -2.50. The number of imide groups is 1. The fraction of sp³-hybridized carbons (Fsp3) is 0.0909. The lowest BCUT2D eigenvalue weighted by Gasteiger charge is -2.04. The highest BCUT2D eigenvalue weighted by molar-refractivity contribution is 6.25. The summed E-state index contributed by atoms with van der Waals surface area (Å²) in [5, 5.41) is 0. The number of amides is 2. The number of nitrogens with two attached hydrogens (primary N) is 1. The molecule has 2 aromatic rings. The summed E-state index contributed by atoms with van der Waals surface area (Å²) in [5.74, 6) is -0.751. The fourth-order valence-electron chi connectivity index (χ4n) is 1.97. The van der Waals surface area contributed by atoms with Gasteiger partial charge >= 0.3 is 0 Å². The normalized spacial score (nSPS) is 14.5. The molecule has 2 amide bonds. The summed E-state index contributed by atoms with van der Waals surface area (Å²) in [4.78, 5) is 32.8. The molecule has 1 aromatic heterocycles. The number of fused-ring (bicyclic) bond motifs is 2. The molecule has 6 heteroatoms. The Kier molecular flexibility index (Phi) is 1.72. The second kappa shape index (κ2) is 3.00. The zero-order valence-corrected chi connectivity index (χ0v) is 8.97. The van der Waals surface area contributed by atoms with Gasteiger partial charge in [0.1, 0.15) is 5.52 Å². The van der Waals surface area contributed by atoms with Gasteiger partial charge in [0.2, 0.25) is 0 Å². The first kappa shape index (κ1) is 9.71. The van der Waals surface area contributed by atoms with Crippen molar-refractivity contribution in [3.63, 3.8) is 0 Å². The average Bonchev–Trinajstić information content (AvgIpc) is 2.55. The molecule has 0 radical (unpaired) electrons. The number of anilines is 1. The SMILES string of the molecule is CN1C(=O)c2cc3nccnc3c(N)c2C1=O. The Morgan fingerprint density at radius 3 is 2.65 bits per heavy atom. The Morgan fingerprint density at radius 1 is 1.18 bits per heavy atom. The highest BCUT2D eigenvalue weighted by Gasteiger charge is 2.35. The largest absolute Gasteiger partial charge is 0.396 e. The number of aromatic nitrogens is 2. The molecule has 6 nitrogen and oxygen atoms in total. The molecular weight excluding hydrogens is 220 g/mol. The lowest BCUT2D eigenvalue weighted by molar-refractivity contribution is 0.0693. The van der Waals surface area contributed by atoms with Gasteiger partial charge in [-0.15, -0.1) is 0 Å². The monoisotopic (exact) mass is 228 g/mol. The first-order chi connectivity index (χ1) is 8.11.